The molecule has 0 aromatic heterocycles. The zero-order chi connectivity index (χ0) is 14.4. The molecule has 0 aliphatic rings. The van der Waals surface area contributed by atoms with Crippen LogP contribution in [0, 0.1) is 5.92 Å². The quantitative estimate of drug-likeness (QED) is 0.843. The fourth-order valence-electron chi connectivity index (χ4n) is 1.62. The average molecular weight is 271 g/mol. The SMILES string of the molecule is CC(COc1ccc(Nc2ccccc2)cc1)C(=O)O. The molecular weight excluding hydrogens is 254 g/mol. The lowest BCUT2D eigenvalue weighted by Crippen LogP contribution is -2.17. The van der Waals surface area contributed by atoms with E-state index in [2.05, 4.69) is 5.32 Å². The molecule has 0 aliphatic carbocycles. The van der Waals surface area contributed by atoms with Crippen LogP contribution in [0.25, 0.3) is 0 Å². The van der Waals surface area contributed by atoms with E-state index in [0.29, 0.717) is 5.75 Å². The van der Waals surface area contributed by atoms with Crippen molar-refractivity contribution in [1.29, 1.82) is 0 Å². The maximum atomic E-state index is 10.7. The summed E-state index contributed by atoms with van der Waals surface area (Å²) in [4.78, 5) is 10.7. The Hall–Kier alpha value is -2.49. The first kappa shape index (κ1) is 13.9. The molecule has 0 saturated heterocycles. The van der Waals surface area contributed by atoms with Crippen molar-refractivity contribution < 1.29 is 14.6 Å². The second kappa shape index (κ2) is 6.61. The maximum absolute atomic E-state index is 10.7. The first-order chi connectivity index (χ1) is 9.65. The molecule has 0 radical (unpaired) electrons. The molecule has 0 spiro atoms. The van der Waals surface area contributed by atoms with Crippen LogP contribution >= 0.6 is 0 Å². The Labute approximate surface area is 118 Å². The van der Waals surface area contributed by atoms with Gasteiger partial charge < -0.3 is 15.2 Å². The van der Waals surface area contributed by atoms with Crippen molar-refractivity contribution >= 4 is 17.3 Å². The van der Waals surface area contributed by atoms with Crippen LogP contribution in [0.5, 0.6) is 5.75 Å². The summed E-state index contributed by atoms with van der Waals surface area (Å²) in [5.41, 5.74) is 1.97. The summed E-state index contributed by atoms with van der Waals surface area (Å²) in [5.74, 6) is -0.707. The standard InChI is InChI=1S/C16H17NO3/c1-12(16(18)19)11-20-15-9-7-14(8-10-15)17-13-5-3-2-4-6-13/h2-10,12,17H,11H2,1H3,(H,18,19). The highest BCUT2D eigenvalue weighted by molar-refractivity contribution is 5.69. The summed E-state index contributed by atoms with van der Waals surface area (Å²) >= 11 is 0. The van der Waals surface area contributed by atoms with Crippen molar-refractivity contribution in [2.24, 2.45) is 5.92 Å². The largest absolute Gasteiger partial charge is 0.493 e. The summed E-state index contributed by atoms with van der Waals surface area (Å²) in [6.45, 7) is 1.79. The van der Waals surface area contributed by atoms with Crippen LogP contribution in [-0.2, 0) is 4.79 Å². The fourth-order valence-corrected chi connectivity index (χ4v) is 1.62. The van der Waals surface area contributed by atoms with E-state index in [1.807, 2.05) is 54.6 Å². The summed E-state index contributed by atoms with van der Waals surface area (Å²) in [5, 5.41) is 12.0. The smallest absolute Gasteiger partial charge is 0.309 e. The number of benzene rings is 2. The van der Waals surface area contributed by atoms with Crippen LogP contribution in [0.4, 0.5) is 11.4 Å². The monoisotopic (exact) mass is 271 g/mol. The van der Waals surface area contributed by atoms with E-state index in [0.717, 1.165) is 11.4 Å². The van der Waals surface area contributed by atoms with Crippen LogP contribution in [0.15, 0.2) is 54.6 Å². The third-order valence-electron chi connectivity index (χ3n) is 2.84. The van der Waals surface area contributed by atoms with Gasteiger partial charge in [0, 0.05) is 11.4 Å². The van der Waals surface area contributed by atoms with Crippen LogP contribution < -0.4 is 10.1 Å². The number of anilines is 2. The molecule has 0 amide bonds. The van der Waals surface area contributed by atoms with Gasteiger partial charge in [-0.15, -0.1) is 0 Å². The van der Waals surface area contributed by atoms with Gasteiger partial charge in [0.05, 0.1) is 5.92 Å². The van der Waals surface area contributed by atoms with Gasteiger partial charge in [-0.3, -0.25) is 4.79 Å². The molecule has 2 aromatic rings. The van der Waals surface area contributed by atoms with Gasteiger partial charge in [0.2, 0.25) is 0 Å². The van der Waals surface area contributed by atoms with Crippen molar-refractivity contribution in [3.05, 3.63) is 54.6 Å². The van der Waals surface area contributed by atoms with Gasteiger partial charge in [0.25, 0.3) is 0 Å². The number of hydrogen-bond acceptors (Lipinski definition) is 3. The first-order valence-electron chi connectivity index (χ1n) is 6.43. The Bertz CT molecular complexity index is 552. The Kier molecular flexibility index (Phi) is 4.60. The second-order valence-corrected chi connectivity index (χ2v) is 4.57. The van der Waals surface area contributed by atoms with Crippen molar-refractivity contribution in [2.45, 2.75) is 6.92 Å². The number of hydrogen-bond donors (Lipinski definition) is 2. The average Bonchev–Trinajstić information content (AvgIpc) is 2.47. The molecule has 2 N–H and O–H groups in total. The molecule has 104 valence electrons. The predicted octanol–water partition coefficient (Wildman–Crippen LogP) is 3.53. The molecule has 0 bridgehead atoms. The van der Waals surface area contributed by atoms with Crippen LogP contribution in [0.2, 0.25) is 0 Å². The summed E-state index contributed by atoms with van der Waals surface area (Å²) in [6, 6.07) is 17.3. The predicted molar refractivity (Wildman–Crippen MR) is 78.5 cm³/mol. The van der Waals surface area contributed by atoms with Gasteiger partial charge in [-0.05, 0) is 43.3 Å². The molecule has 0 saturated carbocycles. The summed E-state index contributed by atoms with van der Waals surface area (Å²) in [7, 11) is 0. The van der Waals surface area contributed by atoms with Gasteiger partial charge in [0.15, 0.2) is 0 Å². The number of aliphatic carboxylic acids is 1. The number of carboxylic acids is 1. The van der Waals surface area contributed by atoms with Crippen molar-refractivity contribution in [3.63, 3.8) is 0 Å². The minimum atomic E-state index is -0.854. The van der Waals surface area contributed by atoms with E-state index in [9.17, 15) is 4.79 Å². The molecular formula is C16H17NO3. The molecule has 4 nitrogen and oxygen atoms in total. The molecule has 0 heterocycles. The van der Waals surface area contributed by atoms with E-state index in [1.165, 1.54) is 0 Å². The van der Waals surface area contributed by atoms with E-state index in [1.54, 1.807) is 6.92 Å². The second-order valence-electron chi connectivity index (χ2n) is 4.57. The van der Waals surface area contributed by atoms with E-state index < -0.39 is 11.9 Å². The van der Waals surface area contributed by atoms with Gasteiger partial charge >= 0.3 is 5.97 Å². The number of ether oxygens (including phenoxy) is 1. The number of nitrogens with one attached hydrogen (secondary N) is 1. The fraction of sp³-hybridized carbons (Fsp3) is 0.188. The Morgan fingerprint density at radius 2 is 1.70 bits per heavy atom. The van der Waals surface area contributed by atoms with E-state index in [4.69, 9.17) is 9.84 Å². The minimum absolute atomic E-state index is 0.167. The highest BCUT2D eigenvalue weighted by Crippen LogP contribution is 2.20. The van der Waals surface area contributed by atoms with Gasteiger partial charge in [-0.1, -0.05) is 18.2 Å². The lowest BCUT2D eigenvalue weighted by molar-refractivity contribution is -0.142. The van der Waals surface area contributed by atoms with Gasteiger partial charge in [0.1, 0.15) is 12.4 Å². The zero-order valence-electron chi connectivity index (χ0n) is 11.2. The lowest BCUT2D eigenvalue weighted by Gasteiger charge is -2.10. The third-order valence-corrected chi connectivity index (χ3v) is 2.84. The van der Waals surface area contributed by atoms with Crippen LogP contribution in [-0.4, -0.2) is 17.7 Å². The normalized spacial score (nSPS) is 11.7. The van der Waals surface area contributed by atoms with Gasteiger partial charge in [-0.25, -0.2) is 0 Å². The lowest BCUT2D eigenvalue weighted by atomic mass is 10.2. The number of carbonyl (C=O) groups is 1. The molecule has 4 heteroatoms. The molecule has 2 aromatic carbocycles. The summed E-state index contributed by atoms with van der Waals surface area (Å²) < 4.78 is 5.43. The first-order valence-corrected chi connectivity index (χ1v) is 6.43. The molecule has 0 aliphatic heterocycles. The Morgan fingerprint density at radius 1 is 1.10 bits per heavy atom. The maximum Gasteiger partial charge on any atom is 0.309 e. The molecule has 1 unspecified atom stereocenters. The van der Waals surface area contributed by atoms with Gasteiger partial charge in [-0.2, -0.15) is 0 Å². The molecule has 0 fully saturated rings. The number of rotatable bonds is 6. The number of para-hydroxylation sites is 1. The van der Waals surface area contributed by atoms with E-state index in [-0.39, 0.29) is 6.61 Å². The third kappa shape index (κ3) is 4.02. The molecule has 20 heavy (non-hydrogen) atoms. The highest BCUT2D eigenvalue weighted by atomic mass is 16.5. The molecule has 1 atom stereocenters. The van der Waals surface area contributed by atoms with Crippen LogP contribution in [0.3, 0.4) is 0 Å². The van der Waals surface area contributed by atoms with Crippen molar-refractivity contribution in [3.8, 4) is 5.75 Å². The topological polar surface area (TPSA) is 58.6 Å². The van der Waals surface area contributed by atoms with E-state index >= 15 is 0 Å². The summed E-state index contributed by atoms with van der Waals surface area (Å²) in [6.07, 6.45) is 0. The Balaban J connectivity index is 1.91. The van der Waals surface area contributed by atoms with Crippen molar-refractivity contribution in [1.82, 2.24) is 0 Å². The van der Waals surface area contributed by atoms with Crippen molar-refractivity contribution in [2.75, 3.05) is 11.9 Å². The zero-order valence-corrected chi connectivity index (χ0v) is 11.2. The number of carboxylic acid groups (broad SMARTS) is 1. The Morgan fingerprint density at radius 3 is 2.30 bits per heavy atom. The molecule has 2 rings (SSSR count). The van der Waals surface area contributed by atoms with Crippen LogP contribution in [0.1, 0.15) is 6.92 Å². The highest BCUT2D eigenvalue weighted by Gasteiger charge is 2.11. The minimum Gasteiger partial charge on any atom is -0.493 e.